The van der Waals surface area contributed by atoms with E-state index in [2.05, 4.69) is 50.5 Å². The maximum atomic E-state index is 4.68. The Kier molecular flexibility index (Phi) is 46.7. The van der Waals surface area contributed by atoms with E-state index in [4.69, 9.17) is 0 Å². The third kappa shape index (κ3) is 34.6. The molecule has 74 valence electrons. The molecule has 0 saturated carbocycles. The summed E-state index contributed by atoms with van der Waals surface area (Å²) in [5.41, 5.74) is 0. The van der Waals surface area contributed by atoms with Gasteiger partial charge in [-0.3, -0.25) is 0 Å². The zero-order valence-corrected chi connectivity index (χ0v) is 11.2. The summed E-state index contributed by atoms with van der Waals surface area (Å²) in [6, 6.07) is 0. The fourth-order valence-corrected chi connectivity index (χ4v) is 0. The molecule has 0 aromatic carbocycles. The number of allylic oxidation sites excluding steroid dienone is 2. The molecule has 0 nitrogen and oxygen atoms in total. The predicted molar refractivity (Wildman–Crippen MR) is 59.7 cm³/mol. The minimum Gasteiger partial charge on any atom is -0.796 e. The van der Waals surface area contributed by atoms with Crippen LogP contribution >= 0.6 is 0 Å². The molecule has 0 aromatic heterocycles. The largest absolute Gasteiger partial charge is 0.796 e. The Morgan fingerprint density at radius 1 is 0.727 bits per heavy atom. The van der Waals surface area contributed by atoms with Crippen LogP contribution in [0.5, 0.6) is 0 Å². The van der Waals surface area contributed by atoms with Gasteiger partial charge in [0.05, 0.1) is 0 Å². The SMILES string of the molecule is C/C([S-])=C(\C)[S-].C[S-].C[S-].[Ni]. The summed E-state index contributed by atoms with van der Waals surface area (Å²) in [5, 5.41) is 0. The van der Waals surface area contributed by atoms with Crippen molar-refractivity contribution in [2.75, 3.05) is 12.5 Å². The summed E-state index contributed by atoms with van der Waals surface area (Å²) in [5.74, 6) is 0. The fourth-order valence-electron chi connectivity index (χ4n) is 0. The Bertz CT molecular complexity index is 64.7. The van der Waals surface area contributed by atoms with Crippen LogP contribution in [0.4, 0.5) is 0 Å². The average Bonchev–Trinajstić information content (AvgIpc) is 1.96. The standard InChI is InChI=1S/C4H8S2.2CH4S.Ni/c1-3(5)4(2)6;2*1-2;/h5-6H,1-2H3;2*2H,1H3;/p-4/b4-3-;;;. The topological polar surface area (TPSA) is 0 Å². The molecule has 0 aliphatic heterocycles. The molecule has 0 aromatic rings. The Morgan fingerprint density at radius 3 is 0.818 bits per heavy atom. The van der Waals surface area contributed by atoms with Gasteiger partial charge in [-0.05, 0) is 0 Å². The third-order valence-electron chi connectivity index (χ3n) is 0.496. The molecule has 0 aliphatic rings. The van der Waals surface area contributed by atoms with Crippen LogP contribution in [0.15, 0.2) is 9.81 Å². The van der Waals surface area contributed by atoms with Crippen molar-refractivity contribution in [1.82, 2.24) is 0 Å². The Hall–Kier alpha value is 1.37. The van der Waals surface area contributed by atoms with Gasteiger partial charge in [0.1, 0.15) is 0 Å². The molecule has 0 amide bonds. The van der Waals surface area contributed by atoms with Crippen molar-refractivity contribution in [1.29, 1.82) is 0 Å². The van der Waals surface area contributed by atoms with Crippen molar-refractivity contribution in [3.05, 3.63) is 9.81 Å². The maximum Gasteiger partial charge on any atom is 0 e. The summed E-state index contributed by atoms with van der Waals surface area (Å²) in [6.07, 6.45) is 3.17. The van der Waals surface area contributed by atoms with Crippen molar-refractivity contribution in [3.63, 3.8) is 0 Å². The number of hydrogen-bond acceptors (Lipinski definition) is 4. The van der Waals surface area contributed by atoms with Gasteiger partial charge in [-0.1, -0.05) is 13.8 Å². The van der Waals surface area contributed by atoms with Crippen molar-refractivity contribution < 1.29 is 16.5 Å². The first-order valence-corrected chi connectivity index (χ1v) is 4.92. The fraction of sp³-hybridized carbons (Fsp3) is 0.667. The summed E-state index contributed by atoms with van der Waals surface area (Å²) in [6.45, 7) is 3.66. The van der Waals surface area contributed by atoms with Crippen LogP contribution in [0.1, 0.15) is 13.8 Å². The van der Waals surface area contributed by atoms with Gasteiger partial charge in [0, 0.05) is 16.5 Å². The molecule has 0 heterocycles. The second-order valence-corrected chi connectivity index (χ2v) is 2.34. The Morgan fingerprint density at radius 2 is 0.818 bits per heavy atom. The van der Waals surface area contributed by atoms with Crippen LogP contribution < -0.4 is 0 Å². The van der Waals surface area contributed by atoms with E-state index < -0.39 is 0 Å². The van der Waals surface area contributed by atoms with Crippen LogP contribution in [0.25, 0.3) is 0 Å². The monoisotopic (exact) mass is 270 g/mol. The average molecular weight is 271 g/mol. The molecule has 5 heteroatoms. The summed E-state index contributed by atoms with van der Waals surface area (Å²) < 4.78 is 0. The second kappa shape index (κ2) is 22.5. The zero-order chi connectivity index (χ0) is 9.15. The minimum absolute atomic E-state index is 0. The van der Waals surface area contributed by atoms with Gasteiger partial charge in [0.25, 0.3) is 0 Å². The normalized spacial score (nSPS) is 8.55. The quantitative estimate of drug-likeness (QED) is 0.485. The van der Waals surface area contributed by atoms with Crippen LogP contribution in [-0.2, 0) is 67.0 Å². The van der Waals surface area contributed by atoms with Gasteiger partial charge in [-0.25, -0.2) is 9.81 Å². The van der Waals surface area contributed by atoms with Gasteiger partial charge < -0.3 is 50.5 Å². The first-order valence-electron chi connectivity index (χ1n) is 2.47. The van der Waals surface area contributed by atoms with Crippen LogP contribution in [0, 0.1) is 0 Å². The van der Waals surface area contributed by atoms with Crippen molar-refractivity contribution >= 4 is 50.5 Å². The Labute approximate surface area is 103 Å². The zero-order valence-electron chi connectivity index (χ0n) is 6.95. The van der Waals surface area contributed by atoms with Gasteiger partial charge in [-0.2, -0.15) is 12.5 Å². The van der Waals surface area contributed by atoms with E-state index in [9.17, 15) is 0 Å². The van der Waals surface area contributed by atoms with Crippen LogP contribution in [0.3, 0.4) is 0 Å². The van der Waals surface area contributed by atoms with Crippen LogP contribution in [-0.4, -0.2) is 12.5 Å². The van der Waals surface area contributed by atoms with Gasteiger partial charge in [0.2, 0.25) is 0 Å². The summed E-state index contributed by atoms with van der Waals surface area (Å²) in [4.78, 5) is 1.65. The smallest absolute Gasteiger partial charge is 0 e. The molecule has 0 rings (SSSR count). The van der Waals surface area contributed by atoms with Gasteiger partial charge >= 0.3 is 0 Å². The first-order chi connectivity index (χ1) is 4.64. The van der Waals surface area contributed by atoms with E-state index >= 15 is 0 Å². The molecule has 0 aliphatic carbocycles. The van der Waals surface area contributed by atoms with Crippen LogP contribution in [0.2, 0.25) is 0 Å². The molecule has 11 heavy (non-hydrogen) atoms. The molecule has 0 radical (unpaired) electrons. The third-order valence-corrected chi connectivity index (χ3v) is 1.24. The van der Waals surface area contributed by atoms with E-state index in [0.29, 0.717) is 0 Å². The molecule has 0 fully saturated rings. The molecule has 0 saturated heterocycles. The molecule has 0 N–H and O–H groups in total. The molecule has 0 bridgehead atoms. The van der Waals surface area contributed by atoms with E-state index in [-0.39, 0.29) is 16.5 Å². The number of rotatable bonds is 0. The second-order valence-electron chi connectivity index (χ2n) is 1.11. The first kappa shape index (κ1) is 22.8. The van der Waals surface area contributed by atoms with E-state index in [0.717, 1.165) is 9.81 Å². The molecule has 0 atom stereocenters. The predicted octanol–water partition coefficient (Wildman–Crippen LogP) is 1.66. The summed E-state index contributed by atoms with van der Waals surface area (Å²) in [7, 11) is 0. The van der Waals surface area contributed by atoms with Crippen molar-refractivity contribution in [3.8, 4) is 0 Å². The molecule has 0 spiro atoms. The van der Waals surface area contributed by atoms with Gasteiger partial charge in [-0.15, -0.1) is 0 Å². The number of hydrogen-bond donors (Lipinski definition) is 0. The van der Waals surface area contributed by atoms with Gasteiger partial charge in [0.15, 0.2) is 0 Å². The summed E-state index contributed by atoms with van der Waals surface area (Å²) >= 11 is 17.5. The van der Waals surface area contributed by atoms with E-state index in [1.54, 1.807) is 12.5 Å². The van der Waals surface area contributed by atoms with Crippen molar-refractivity contribution in [2.45, 2.75) is 13.8 Å². The van der Waals surface area contributed by atoms with E-state index in [1.165, 1.54) is 0 Å². The molecular formula is C6H12NiS4-4. The van der Waals surface area contributed by atoms with E-state index in [1.807, 2.05) is 13.8 Å². The molecular weight excluding hydrogens is 259 g/mol. The minimum atomic E-state index is 0. The maximum absolute atomic E-state index is 4.68. The Balaban J connectivity index is -0.0000000428. The van der Waals surface area contributed by atoms with Crippen molar-refractivity contribution in [2.24, 2.45) is 0 Å². The molecule has 0 unspecified atom stereocenters.